The Morgan fingerprint density at radius 1 is 0.912 bits per heavy atom. The van der Waals surface area contributed by atoms with Crippen LogP contribution in [0.3, 0.4) is 0 Å². The number of aryl methyl sites for hydroxylation is 1. The number of aromatic amines is 2. The molecule has 4 amide bonds. The normalized spacial score (nSPS) is 15.7. The van der Waals surface area contributed by atoms with Crippen LogP contribution >= 0.6 is 11.3 Å². The molecule has 17 heteroatoms. The number of rotatable bonds is 14. The summed E-state index contributed by atoms with van der Waals surface area (Å²) in [6.07, 6.45) is 4.08. The Morgan fingerprint density at radius 2 is 1.69 bits per heavy atom. The smallest absolute Gasteiger partial charge is 0.407 e. The highest BCUT2D eigenvalue weighted by Gasteiger charge is 2.34. The second kappa shape index (κ2) is 19.4. The molecule has 6 heterocycles. The SMILES string of the molecule is CCCN(Cc1ncc(-c2ccc3c(c2)cc2n3C(c3cccc(-c4ccc(C)s4)c3)Oc3cc(-c4cnc(C5CCCN5C(=O)CNC(=O)OC)[nH]4)ccc3-2)[nH]1)C(=O)C(NC(=O)OC)C(C)C. The number of nitrogens with zero attached hydrogens (tertiary/aromatic N) is 5. The van der Waals surface area contributed by atoms with Gasteiger partial charge in [0, 0.05) is 50.5 Å². The molecule has 9 rings (SSSR count). The third-order valence-electron chi connectivity index (χ3n) is 12.6. The second-order valence-corrected chi connectivity index (χ2v) is 18.8. The molecule has 3 atom stereocenters. The maximum Gasteiger partial charge on any atom is 0.407 e. The minimum absolute atomic E-state index is 0.149. The first-order chi connectivity index (χ1) is 32.9. The lowest BCUT2D eigenvalue weighted by atomic mass is 10.0. The maximum atomic E-state index is 13.7. The lowest BCUT2D eigenvalue weighted by Crippen LogP contribution is -2.51. The molecule has 0 spiro atoms. The first-order valence-electron chi connectivity index (χ1n) is 22.9. The Balaban J connectivity index is 1.04. The van der Waals surface area contributed by atoms with E-state index in [2.05, 4.69) is 110 Å². The number of hydrogen-bond acceptors (Lipinski definition) is 10. The average Bonchev–Trinajstić information content (AvgIpc) is 4.22. The largest absolute Gasteiger partial charge is 0.465 e. The van der Waals surface area contributed by atoms with Crippen molar-refractivity contribution in [3.8, 4) is 50.0 Å². The van der Waals surface area contributed by atoms with Crippen LogP contribution in [-0.4, -0.2) is 98.2 Å². The molecule has 7 aromatic rings. The second-order valence-electron chi connectivity index (χ2n) is 17.5. The number of amides is 4. The number of carbonyl (C=O) groups is 4. The van der Waals surface area contributed by atoms with E-state index in [1.54, 1.807) is 33.5 Å². The lowest BCUT2D eigenvalue weighted by molar-refractivity contribution is -0.135. The van der Waals surface area contributed by atoms with Gasteiger partial charge in [-0.25, -0.2) is 19.6 Å². The molecule has 1 saturated heterocycles. The molecule has 0 saturated carbocycles. The summed E-state index contributed by atoms with van der Waals surface area (Å²) in [5, 5.41) is 6.21. The van der Waals surface area contributed by atoms with Crippen LogP contribution in [0.1, 0.15) is 74.4 Å². The number of H-pyrrole nitrogens is 2. The van der Waals surface area contributed by atoms with Gasteiger partial charge in [0.1, 0.15) is 30.0 Å². The van der Waals surface area contributed by atoms with Gasteiger partial charge in [-0.15, -0.1) is 11.3 Å². The number of methoxy groups -OCH3 is 2. The minimum atomic E-state index is -0.742. The number of aromatic nitrogens is 5. The fourth-order valence-corrected chi connectivity index (χ4v) is 10.1. The number of alkyl carbamates (subject to hydrolysis) is 2. The van der Waals surface area contributed by atoms with Crippen molar-refractivity contribution in [3.05, 3.63) is 113 Å². The fourth-order valence-electron chi connectivity index (χ4n) is 9.22. The molecule has 4 aromatic heterocycles. The van der Waals surface area contributed by atoms with Crippen molar-refractivity contribution in [2.75, 3.05) is 33.9 Å². The summed E-state index contributed by atoms with van der Waals surface area (Å²) >= 11 is 1.76. The van der Waals surface area contributed by atoms with Gasteiger partial charge in [-0.05, 0) is 86.2 Å². The summed E-state index contributed by atoms with van der Waals surface area (Å²) in [5.74, 6) is 1.48. The topological polar surface area (TPSA) is 189 Å². The molecule has 2 aliphatic rings. The van der Waals surface area contributed by atoms with Crippen LogP contribution in [0, 0.1) is 12.8 Å². The van der Waals surface area contributed by atoms with Gasteiger partial charge in [-0.1, -0.05) is 51.1 Å². The number of hydrogen-bond donors (Lipinski definition) is 4. The van der Waals surface area contributed by atoms with E-state index < -0.39 is 24.5 Å². The standard InChI is InChI=1S/C51H55N9O7S/c1-7-19-58(48(62)46(29(2)3)57-51(64)66-6)28-44-52-25-37(55-44)31-15-17-39-35(21-31)23-41-36-16-14-32(38-26-53-47(56-38)40-12-9-20-59(40)45(61)27-54-50(63)65-5)24-42(36)67-49(60(39)41)34-11-8-10-33(22-34)43-18-13-30(4)68-43/h8,10-11,13-18,21-26,29,40,46,49H,7,9,12,19-20,27-28H2,1-6H3,(H,52,55)(H,53,56)(H,54,63)(H,57,64). The average molecular weight is 938 g/mol. The van der Waals surface area contributed by atoms with E-state index in [0.717, 1.165) is 75.1 Å². The summed E-state index contributed by atoms with van der Waals surface area (Å²) in [6, 6.07) is 26.5. The third kappa shape index (κ3) is 9.17. The van der Waals surface area contributed by atoms with Crippen molar-refractivity contribution in [2.45, 2.75) is 71.8 Å². The van der Waals surface area contributed by atoms with Crippen molar-refractivity contribution in [1.29, 1.82) is 0 Å². The van der Waals surface area contributed by atoms with Gasteiger partial charge in [0.2, 0.25) is 18.0 Å². The third-order valence-corrected chi connectivity index (χ3v) is 13.7. The summed E-state index contributed by atoms with van der Waals surface area (Å²) < 4.78 is 18.8. The van der Waals surface area contributed by atoms with E-state index in [0.29, 0.717) is 30.5 Å². The van der Waals surface area contributed by atoms with Gasteiger partial charge in [0.05, 0.1) is 61.8 Å². The number of ether oxygens (including phenoxy) is 3. The highest BCUT2D eigenvalue weighted by Crippen LogP contribution is 2.46. The Bertz CT molecular complexity index is 3000. The molecule has 3 aromatic carbocycles. The lowest BCUT2D eigenvalue weighted by Gasteiger charge is -2.31. The highest BCUT2D eigenvalue weighted by molar-refractivity contribution is 7.15. The maximum absolute atomic E-state index is 13.7. The van der Waals surface area contributed by atoms with Crippen LogP contribution in [-0.2, 0) is 25.6 Å². The van der Waals surface area contributed by atoms with Gasteiger partial charge in [-0.3, -0.25) is 9.59 Å². The number of likely N-dealkylation sites (tertiary alicyclic amines) is 1. The van der Waals surface area contributed by atoms with Crippen molar-refractivity contribution in [2.24, 2.45) is 5.92 Å². The number of carbonyl (C=O) groups excluding carboxylic acids is 4. The molecule has 0 radical (unpaired) electrons. The van der Waals surface area contributed by atoms with Crippen LogP contribution in [0.15, 0.2) is 91.3 Å². The summed E-state index contributed by atoms with van der Waals surface area (Å²) in [5.41, 5.74) is 8.45. The number of fused-ring (bicyclic) bond motifs is 5. The van der Waals surface area contributed by atoms with Crippen LogP contribution in [0.25, 0.3) is 55.1 Å². The Morgan fingerprint density at radius 3 is 2.46 bits per heavy atom. The molecule has 352 valence electrons. The van der Waals surface area contributed by atoms with Gasteiger partial charge in [-0.2, -0.15) is 0 Å². The molecule has 0 aliphatic carbocycles. The number of thiophene rings is 1. The van der Waals surface area contributed by atoms with Gasteiger partial charge < -0.3 is 49.2 Å². The van der Waals surface area contributed by atoms with Crippen molar-refractivity contribution in [1.82, 2.24) is 44.9 Å². The van der Waals surface area contributed by atoms with Crippen molar-refractivity contribution in [3.63, 3.8) is 0 Å². The quantitative estimate of drug-likeness (QED) is 0.0824. The van der Waals surface area contributed by atoms with Crippen LogP contribution in [0.4, 0.5) is 9.59 Å². The summed E-state index contributed by atoms with van der Waals surface area (Å²) in [6.45, 7) is 9.06. The first kappa shape index (κ1) is 45.7. The van der Waals surface area contributed by atoms with Crippen LogP contribution < -0.4 is 15.4 Å². The number of benzene rings is 3. The van der Waals surface area contributed by atoms with E-state index in [4.69, 9.17) is 19.4 Å². The monoisotopic (exact) mass is 937 g/mol. The molecule has 1 fully saturated rings. The molecule has 0 bridgehead atoms. The zero-order chi connectivity index (χ0) is 47.6. The minimum Gasteiger partial charge on any atom is -0.465 e. The molecule has 3 unspecified atom stereocenters. The predicted molar refractivity (Wildman–Crippen MR) is 260 cm³/mol. The first-order valence-corrected chi connectivity index (χ1v) is 23.7. The number of nitrogens with one attached hydrogen (secondary N) is 4. The van der Waals surface area contributed by atoms with Gasteiger partial charge >= 0.3 is 12.2 Å². The van der Waals surface area contributed by atoms with E-state index in [9.17, 15) is 19.2 Å². The van der Waals surface area contributed by atoms with Crippen LogP contribution in [0.2, 0.25) is 0 Å². The molecule has 2 aliphatic heterocycles. The van der Waals surface area contributed by atoms with E-state index >= 15 is 0 Å². The van der Waals surface area contributed by atoms with Crippen LogP contribution in [0.5, 0.6) is 5.75 Å². The zero-order valence-corrected chi connectivity index (χ0v) is 39.7. The summed E-state index contributed by atoms with van der Waals surface area (Å²) in [4.78, 5) is 72.9. The molecular weight excluding hydrogens is 883 g/mol. The predicted octanol–water partition coefficient (Wildman–Crippen LogP) is 9.20. The van der Waals surface area contributed by atoms with E-state index in [-0.39, 0.29) is 36.9 Å². The van der Waals surface area contributed by atoms with E-state index in [1.807, 2.05) is 26.8 Å². The Kier molecular flexibility index (Phi) is 13.1. The summed E-state index contributed by atoms with van der Waals surface area (Å²) in [7, 11) is 2.55. The van der Waals surface area contributed by atoms with Gasteiger partial charge in [0.15, 0.2) is 0 Å². The van der Waals surface area contributed by atoms with E-state index in [1.165, 1.54) is 24.0 Å². The van der Waals surface area contributed by atoms with Crippen molar-refractivity contribution < 1.29 is 33.4 Å². The molecule has 4 N–H and O–H groups in total. The highest BCUT2D eigenvalue weighted by atomic mass is 32.1. The van der Waals surface area contributed by atoms with Gasteiger partial charge in [0.25, 0.3) is 0 Å². The molecule has 16 nitrogen and oxygen atoms in total. The molecular formula is C51H55N9O7S. The Labute approximate surface area is 398 Å². The Hall–Kier alpha value is -7.40. The molecule has 68 heavy (non-hydrogen) atoms. The fraction of sp³-hybridized carbons (Fsp3) is 0.333. The van der Waals surface area contributed by atoms with Crippen molar-refractivity contribution >= 4 is 46.2 Å². The number of imidazole rings is 2. The zero-order valence-electron chi connectivity index (χ0n) is 38.9.